The SMILES string of the molecule is CCOc1ccc([C@@H](C)NC(=O)c2ccc(N(C)S(C)(=O)=O)cc2)cc1. The minimum atomic E-state index is -3.33. The van der Waals surface area contributed by atoms with E-state index in [-0.39, 0.29) is 11.9 Å². The van der Waals surface area contributed by atoms with Gasteiger partial charge in [0.25, 0.3) is 5.91 Å². The summed E-state index contributed by atoms with van der Waals surface area (Å²) in [5.41, 5.74) is 1.94. The number of amides is 1. The Hall–Kier alpha value is -2.54. The average molecular weight is 376 g/mol. The largest absolute Gasteiger partial charge is 0.494 e. The zero-order chi connectivity index (χ0) is 19.3. The normalized spacial score (nSPS) is 12.3. The Morgan fingerprint density at radius 1 is 1.12 bits per heavy atom. The van der Waals surface area contributed by atoms with Gasteiger partial charge >= 0.3 is 0 Å². The number of nitrogens with zero attached hydrogens (tertiary/aromatic N) is 1. The van der Waals surface area contributed by atoms with E-state index < -0.39 is 10.0 Å². The number of hydrogen-bond donors (Lipinski definition) is 1. The second kappa shape index (κ2) is 8.23. The van der Waals surface area contributed by atoms with Gasteiger partial charge < -0.3 is 10.1 Å². The molecule has 7 heteroatoms. The minimum Gasteiger partial charge on any atom is -0.494 e. The number of carbonyl (C=O) groups is 1. The van der Waals surface area contributed by atoms with Crippen molar-refractivity contribution in [2.24, 2.45) is 0 Å². The molecule has 2 aromatic rings. The summed E-state index contributed by atoms with van der Waals surface area (Å²) in [6.07, 6.45) is 1.13. The molecule has 0 bridgehead atoms. The minimum absolute atomic E-state index is 0.170. The molecule has 6 nitrogen and oxygen atoms in total. The van der Waals surface area contributed by atoms with Gasteiger partial charge in [0.2, 0.25) is 10.0 Å². The van der Waals surface area contributed by atoms with Crippen LogP contribution in [-0.4, -0.2) is 34.2 Å². The van der Waals surface area contributed by atoms with Gasteiger partial charge in [-0.05, 0) is 55.8 Å². The Morgan fingerprint density at radius 3 is 2.19 bits per heavy atom. The van der Waals surface area contributed by atoms with Crippen molar-refractivity contribution in [3.8, 4) is 5.75 Å². The number of sulfonamides is 1. The molecule has 26 heavy (non-hydrogen) atoms. The van der Waals surface area contributed by atoms with E-state index in [4.69, 9.17) is 4.74 Å². The first-order chi connectivity index (χ1) is 12.2. The van der Waals surface area contributed by atoms with E-state index >= 15 is 0 Å². The van der Waals surface area contributed by atoms with E-state index in [1.807, 2.05) is 38.1 Å². The molecule has 0 aliphatic rings. The van der Waals surface area contributed by atoms with Crippen LogP contribution in [0.15, 0.2) is 48.5 Å². The highest BCUT2D eigenvalue weighted by Gasteiger charge is 2.14. The first-order valence-corrected chi connectivity index (χ1v) is 10.1. The van der Waals surface area contributed by atoms with Gasteiger partial charge in [-0.3, -0.25) is 9.10 Å². The number of rotatable bonds is 7. The molecule has 1 N–H and O–H groups in total. The molecule has 0 aliphatic heterocycles. The second-order valence-corrected chi connectivity index (χ2v) is 7.99. The average Bonchev–Trinajstić information content (AvgIpc) is 2.61. The van der Waals surface area contributed by atoms with Crippen molar-refractivity contribution in [3.63, 3.8) is 0 Å². The van der Waals surface area contributed by atoms with E-state index in [2.05, 4.69) is 5.32 Å². The summed E-state index contributed by atoms with van der Waals surface area (Å²) in [7, 11) is -1.86. The summed E-state index contributed by atoms with van der Waals surface area (Å²) < 4.78 is 29.7. The molecule has 0 heterocycles. The number of ether oxygens (including phenoxy) is 1. The Balaban J connectivity index is 2.04. The zero-order valence-electron chi connectivity index (χ0n) is 15.4. The highest BCUT2D eigenvalue weighted by molar-refractivity contribution is 7.92. The van der Waals surface area contributed by atoms with Crippen LogP contribution in [0.5, 0.6) is 5.75 Å². The Bertz CT molecular complexity index is 846. The first-order valence-electron chi connectivity index (χ1n) is 8.30. The summed E-state index contributed by atoms with van der Waals surface area (Å²) in [6.45, 7) is 4.44. The lowest BCUT2D eigenvalue weighted by molar-refractivity contribution is 0.0940. The number of hydrogen-bond acceptors (Lipinski definition) is 4. The maximum atomic E-state index is 12.4. The molecule has 0 saturated heterocycles. The van der Waals surface area contributed by atoms with Crippen LogP contribution in [0.3, 0.4) is 0 Å². The molecule has 0 saturated carbocycles. The molecule has 1 amide bonds. The molecule has 2 aromatic carbocycles. The van der Waals surface area contributed by atoms with Crippen LogP contribution in [0.2, 0.25) is 0 Å². The molecule has 0 radical (unpaired) electrons. The molecular formula is C19H24N2O4S. The molecule has 0 spiro atoms. The van der Waals surface area contributed by atoms with Crippen LogP contribution < -0.4 is 14.4 Å². The summed E-state index contributed by atoms with van der Waals surface area (Å²) in [6, 6.07) is 13.8. The Morgan fingerprint density at radius 2 is 1.69 bits per heavy atom. The van der Waals surface area contributed by atoms with Gasteiger partial charge in [0.05, 0.1) is 24.6 Å². The molecule has 0 fully saturated rings. The van der Waals surface area contributed by atoms with Gasteiger partial charge in [-0.1, -0.05) is 12.1 Å². The molecule has 1 atom stereocenters. The van der Waals surface area contributed by atoms with Gasteiger partial charge in [-0.2, -0.15) is 0 Å². The number of anilines is 1. The molecule has 140 valence electrons. The van der Waals surface area contributed by atoms with Crippen molar-refractivity contribution in [2.75, 3.05) is 24.2 Å². The molecule has 0 unspecified atom stereocenters. The lowest BCUT2D eigenvalue weighted by Gasteiger charge is -2.18. The van der Waals surface area contributed by atoms with Crippen molar-refractivity contribution in [2.45, 2.75) is 19.9 Å². The van der Waals surface area contributed by atoms with E-state index in [1.165, 1.54) is 7.05 Å². The maximum Gasteiger partial charge on any atom is 0.251 e. The van der Waals surface area contributed by atoms with Crippen LogP contribution in [0.25, 0.3) is 0 Å². The van der Waals surface area contributed by atoms with Crippen molar-refractivity contribution in [3.05, 3.63) is 59.7 Å². The van der Waals surface area contributed by atoms with Gasteiger partial charge in [-0.25, -0.2) is 8.42 Å². The fourth-order valence-corrected chi connectivity index (χ4v) is 2.90. The van der Waals surface area contributed by atoms with Crippen molar-refractivity contribution in [1.82, 2.24) is 5.32 Å². The predicted octanol–water partition coefficient (Wildman–Crippen LogP) is 2.97. The Labute approximate surface area is 154 Å². The topological polar surface area (TPSA) is 75.7 Å². The summed E-state index contributed by atoms with van der Waals surface area (Å²) >= 11 is 0. The third kappa shape index (κ3) is 4.98. The van der Waals surface area contributed by atoms with Crippen molar-refractivity contribution in [1.29, 1.82) is 0 Å². The molecule has 2 rings (SSSR count). The lowest BCUT2D eigenvalue weighted by Crippen LogP contribution is -2.27. The predicted molar refractivity (Wildman–Crippen MR) is 103 cm³/mol. The highest BCUT2D eigenvalue weighted by Crippen LogP contribution is 2.19. The molecule has 0 aliphatic carbocycles. The lowest BCUT2D eigenvalue weighted by atomic mass is 10.1. The number of benzene rings is 2. The van der Waals surface area contributed by atoms with Gasteiger partial charge in [0, 0.05) is 12.6 Å². The fraction of sp³-hybridized carbons (Fsp3) is 0.316. The van der Waals surface area contributed by atoms with Gasteiger partial charge in [0.1, 0.15) is 5.75 Å². The van der Waals surface area contributed by atoms with Crippen LogP contribution in [0.4, 0.5) is 5.69 Å². The summed E-state index contributed by atoms with van der Waals surface area (Å²) in [5, 5.41) is 2.93. The van der Waals surface area contributed by atoms with Gasteiger partial charge in [-0.15, -0.1) is 0 Å². The number of nitrogens with one attached hydrogen (secondary N) is 1. The van der Waals surface area contributed by atoms with E-state index in [9.17, 15) is 13.2 Å². The van der Waals surface area contributed by atoms with Crippen LogP contribution >= 0.6 is 0 Å². The summed E-state index contributed by atoms with van der Waals surface area (Å²) in [5.74, 6) is 0.570. The third-order valence-corrected chi connectivity index (χ3v) is 5.24. The van der Waals surface area contributed by atoms with Crippen molar-refractivity contribution >= 4 is 21.6 Å². The van der Waals surface area contributed by atoms with Gasteiger partial charge in [0.15, 0.2) is 0 Å². The van der Waals surface area contributed by atoms with Crippen LogP contribution in [-0.2, 0) is 10.0 Å². The van der Waals surface area contributed by atoms with E-state index in [0.717, 1.165) is 21.9 Å². The Kier molecular flexibility index (Phi) is 6.26. The third-order valence-electron chi connectivity index (χ3n) is 4.03. The standard InChI is InChI=1S/C19H24N2O4S/c1-5-25-18-12-8-15(9-13-18)14(2)20-19(22)16-6-10-17(11-7-16)21(3)26(4,23)24/h6-14H,5H2,1-4H3,(H,20,22)/t14-/m1/s1. The zero-order valence-corrected chi connectivity index (χ0v) is 16.2. The fourth-order valence-electron chi connectivity index (χ4n) is 2.40. The smallest absolute Gasteiger partial charge is 0.251 e. The maximum absolute atomic E-state index is 12.4. The summed E-state index contributed by atoms with van der Waals surface area (Å²) in [4.78, 5) is 12.4. The van der Waals surface area contributed by atoms with E-state index in [1.54, 1.807) is 24.3 Å². The van der Waals surface area contributed by atoms with E-state index in [0.29, 0.717) is 17.9 Å². The quantitative estimate of drug-likeness (QED) is 0.806. The number of carbonyl (C=O) groups excluding carboxylic acids is 1. The van der Waals surface area contributed by atoms with Crippen LogP contribution in [0.1, 0.15) is 35.8 Å². The molecular weight excluding hydrogens is 352 g/mol. The van der Waals surface area contributed by atoms with Crippen LogP contribution in [0, 0.1) is 0 Å². The van der Waals surface area contributed by atoms with Crippen molar-refractivity contribution < 1.29 is 17.9 Å². The first kappa shape index (κ1) is 19.8. The highest BCUT2D eigenvalue weighted by atomic mass is 32.2. The monoisotopic (exact) mass is 376 g/mol. The molecule has 0 aromatic heterocycles. The second-order valence-electron chi connectivity index (χ2n) is 5.97.